The van der Waals surface area contributed by atoms with E-state index in [2.05, 4.69) is 15.9 Å². The summed E-state index contributed by atoms with van der Waals surface area (Å²) in [6, 6.07) is 4.66. The summed E-state index contributed by atoms with van der Waals surface area (Å²) in [4.78, 5) is 24.1. The van der Waals surface area contributed by atoms with Gasteiger partial charge in [0.2, 0.25) is 0 Å². The highest BCUT2D eigenvalue weighted by atomic mass is 79.9. The van der Waals surface area contributed by atoms with Gasteiger partial charge < -0.3 is 19.8 Å². The number of carbonyl (C=O) groups is 2. The van der Waals surface area contributed by atoms with Gasteiger partial charge in [0.25, 0.3) is 5.91 Å². The molecule has 0 unspecified atom stereocenters. The third-order valence-electron chi connectivity index (χ3n) is 3.07. The summed E-state index contributed by atoms with van der Waals surface area (Å²) >= 11 is 3.21. The summed E-state index contributed by atoms with van der Waals surface area (Å²) in [5.41, 5.74) is -0.424. The van der Waals surface area contributed by atoms with Crippen LogP contribution in [0.1, 0.15) is 17.3 Å². The second-order valence-corrected chi connectivity index (χ2v) is 5.87. The molecule has 1 aromatic carbocycles. The van der Waals surface area contributed by atoms with Crippen molar-refractivity contribution in [1.29, 1.82) is 0 Å². The number of hydrogen-bond donors (Lipinski definition) is 2. The zero-order chi connectivity index (χ0) is 14.9. The lowest BCUT2D eigenvalue weighted by molar-refractivity contribution is -0.159. The first kappa shape index (κ1) is 14.8. The minimum absolute atomic E-state index is 0.0931. The summed E-state index contributed by atoms with van der Waals surface area (Å²) in [5, 5.41) is 18.3. The fourth-order valence-corrected chi connectivity index (χ4v) is 2.44. The normalized spacial score (nSPS) is 16.6. The van der Waals surface area contributed by atoms with Crippen molar-refractivity contribution in [3.63, 3.8) is 0 Å². The topological polar surface area (TPSA) is 87.1 Å². The van der Waals surface area contributed by atoms with Crippen LogP contribution in [-0.4, -0.2) is 52.3 Å². The number of ether oxygens (including phenoxy) is 1. The number of halogens is 1. The van der Waals surface area contributed by atoms with Crippen LogP contribution in [0.25, 0.3) is 0 Å². The molecule has 0 radical (unpaired) electrons. The van der Waals surface area contributed by atoms with Gasteiger partial charge in [-0.1, -0.05) is 15.9 Å². The molecule has 1 aliphatic heterocycles. The lowest BCUT2D eigenvalue weighted by atomic mass is 9.95. The Morgan fingerprint density at radius 1 is 1.45 bits per heavy atom. The standard InChI is InChI=1S/C13H14BrNO5/c1-13(20-5-11(17)18)6-15(7-13)12(19)9-3-2-8(14)4-10(9)16/h2-4,16H,5-7H2,1H3,(H,17,18). The number of aromatic hydroxyl groups is 1. The van der Waals surface area contributed by atoms with E-state index in [1.807, 2.05) is 0 Å². The quantitative estimate of drug-likeness (QED) is 0.864. The van der Waals surface area contributed by atoms with Crippen LogP contribution in [0.5, 0.6) is 5.75 Å². The van der Waals surface area contributed by atoms with Crippen molar-refractivity contribution < 1.29 is 24.5 Å². The zero-order valence-corrected chi connectivity index (χ0v) is 12.4. The van der Waals surface area contributed by atoms with Crippen molar-refractivity contribution in [2.75, 3.05) is 19.7 Å². The van der Waals surface area contributed by atoms with Crippen LogP contribution >= 0.6 is 15.9 Å². The molecule has 0 aromatic heterocycles. The van der Waals surface area contributed by atoms with Crippen LogP contribution in [-0.2, 0) is 9.53 Å². The number of carbonyl (C=O) groups excluding carboxylic acids is 1. The molecule has 1 saturated heterocycles. The molecular weight excluding hydrogens is 330 g/mol. The largest absolute Gasteiger partial charge is 0.507 e. The smallest absolute Gasteiger partial charge is 0.329 e. The van der Waals surface area contributed by atoms with Crippen molar-refractivity contribution in [1.82, 2.24) is 4.90 Å². The molecule has 0 saturated carbocycles. The van der Waals surface area contributed by atoms with Crippen molar-refractivity contribution in [2.45, 2.75) is 12.5 Å². The second kappa shape index (κ2) is 5.41. The first-order valence-electron chi connectivity index (χ1n) is 5.94. The third kappa shape index (κ3) is 3.10. The van der Waals surface area contributed by atoms with E-state index in [1.165, 1.54) is 17.0 Å². The van der Waals surface area contributed by atoms with Gasteiger partial charge in [-0.3, -0.25) is 4.79 Å². The zero-order valence-electron chi connectivity index (χ0n) is 10.8. The van der Waals surface area contributed by atoms with E-state index in [4.69, 9.17) is 9.84 Å². The van der Waals surface area contributed by atoms with Gasteiger partial charge >= 0.3 is 5.97 Å². The Morgan fingerprint density at radius 3 is 2.65 bits per heavy atom. The van der Waals surface area contributed by atoms with Gasteiger partial charge in [0.15, 0.2) is 0 Å². The van der Waals surface area contributed by atoms with E-state index in [0.717, 1.165) is 0 Å². The molecule has 2 N–H and O–H groups in total. The summed E-state index contributed by atoms with van der Waals surface area (Å²) in [7, 11) is 0. The maximum atomic E-state index is 12.2. The van der Waals surface area contributed by atoms with Crippen LogP contribution in [0, 0.1) is 0 Å². The number of nitrogens with zero attached hydrogens (tertiary/aromatic N) is 1. The van der Waals surface area contributed by atoms with E-state index in [9.17, 15) is 14.7 Å². The molecule has 1 heterocycles. The molecule has 1 amide bonds. The Kier molecular flexibility index (Phi) is 4.01. The number of phenols is 1. The lowest BCUT2D eigenvalue weighted by Gasteiger charge is -2.47. The average molecular weight is 344 g/mol. The van der Waals surface area contributed by atoms with E-state index < -0.39 is 11.6 Å². The van der Waals surface area contributed by atoms with E-state index in [0.29, 0.717) is 17.6 Å². The fraction of sp³-hybridized carbons (Fsp3) is 0.385. The van der Waals surface area contributed by atoms with E-state index in [-0.39, 0.29) is 23.8 Å². The summed E-state index contributed by atoms with van der Waals surface area (Å²) in [6.45, 7) is 1.96. The van der Waals surface area contributed by atoms with Gasteiger partial charge in [-0.05, 0) is 25.1 Å². The Bertz CT molecular complexity index is 554. The Morgan fingerprint density at radius 2 is 2.10 bits per heavy atom. The molecule has 1 aromatic rings. The average Bonchev–Trinajstić information content (AvgIpc) is 2.32. The van der Waals surface area contributed by atoms with Crippen molar-refractivity contribution in [3.8, 4) is 5.75 Å². The summed E-state index contributed by atoms with van der Waals surface area (Å²) in [6.07, 6.45) is 0. The maximum Gasteiger partial charge on any atom is 0.329 e. The van der Waals surface area contributed by atoms with Crippen LogP contribution in [0.4, 0.5) is 0 Å². The highest BCUT2D eigenvalue weighted by Gasteiger charge is 2.43. The van der Waals surface area contributed by atoms with Crippen molar-refractivity contribution in [3.05, 3.63) is 28.2 Å². The number of rotatable bonds is 4. The monoisotopic (exact) mass is 343 g/mol. The lowest BCUT2D eigenvalue weighted by Crippen LogP contribution is -2.63. The molecule has 7 heteroatoms. The second-order valence-electron chi connectivity index (χ2n) is 4.96. The minimum Gasteiger partial charge on any atom is -0.507 e. The van der Waals surface area contributed by atoms with Crippen LogP contribution in [0.15, 0.2) is 22.7 Å². The van der Waals surface area contributed by atoms with Crippen molar-refractivity contribution >= 4 is 27.8 Å². The van der Waals surface area contributed by atoms with E-state index >= 15 is 0 Å². The first-order valence-corrected chi connectivity index (χ1v) is 6.73. The molecular formula is C13H14BrNO5. The van der Waals surface area contributed by atoms with Gasteiger partial charge in [-0.15, -0.1) is 0 Å². The van der Waals surface area contributed by atoms with Crippen molar-refractivity contribution in [2.24, 2.45) is 0 Å². The molecule has 0 spiro atoms. The molecule has 0 aliphatic carbocycles. The number of benzene rings is 1. The summed E-state index contributed by atoms with van der Waals surface area (Å²) in [5.74, 6) is -1.43. The minimum atomic E-state index is -1.04. The van der Waals surface area contributed by atoms with E-state index in [1.54, 1.807) is 13.0 Å². The highest BCUT2D eigenvalue weighted by Crippen LogP contribution is 2.29. The van der Waals surface area contributed by atoms with Gasteiger partial charge in [0.05, 0.1) is 18.7 Å². The Balaban J connectivity index is 1.98. The molecule has 0 atom stereocenters. The third-order valence-corrected chi connectivity index (χ3v) is 3.57. The number of aliphatic carboxylic acids is 1. The SMILES string of the molecule is CC1(OCC(=O)O)CN(C(=O)c2ccc(Br)cc2O)C1. The Hall–Kier alpha value is -1.60. The number of hydrogen-bond acceptors (Lipinski definition) is 4. The maximum absolute atomic E-state index is 12.2. The van der Waals surface area contributed by atoms with Gasteiger partial charge in [-0.2, -0.15) is 0 Å². The molecule has 2 rings (SSSR count). The fourth-order valence-electron chi connectivity index (χ4n) is 2.09. The van der Waals surface area contributed by atoms with Crippen LogP contribution < -0.4 is 0 Å². The molecule has 1 aliphatic rings. The highest BCUT2D eigenvalue weighted by molar-refractivity contribution is 9.10. The number of phenolic OH excluding ortho intramolecular Hbond substituents is 1. The predicted molar refractivity (Wildman–Crippen MR) is 73.7 cm³/mol. The molecule has 20 heavy (non-hydrogen) atoms. The molecule has 108 valence electrons. The summed E-state index contributed by atoms with van der Waals surface area (Å²) < 4.78 is 5.91. The Labute approximate surface area is 124 Å². The predicted octanol–water partition coefficient (Wildman–Crippen LogP) is 1.47. The van der Waals surface area contributed by atoms with Gasteiger partial charge in [0, 0.05) is 4.47 Å². The molecule has 1 fully saturated rings. The molecule has 6 nitrogen and oxygen atoms in total. The number of carboxylic acids is 1. The number of carboxylic acid groups (broad SMARTS) is 1. The van der Waals surface area contributed by atoms with Gasteiger partial charge in [0.1, 0.15) is 18.0 Å². The van der Waals surface area contributed by atoms with Crippen LogP contribution in [0.2, 0.25) is 0 Å². The van der Waals surface area contributed by atoms with Crippen LogP contribution in [0.3, 0.4) is 0 Å². The number of amides is 1. The number of likely N-dealkylation sites (tertiary alicyclic amines) is 1. The van der Waals surface area contributed by atoms with Gasteiger partial charge in [-0.25, -0.2) is 4.79 Å². The molecule has 0 bridgehead atoms. The first-order chi connectivity index (χ1) is 9.31.